The van der Waals surface area contributed by atoms with Crippen LogP contribution in [0.3, 0.4) is 0 Å². The zero-order valence-electron chi connectivity index (χ0n) is 14.3. The van der Waals surface area contributed by atoms with Crippen molar-refractivity contribution in [1.29, 1.82) is 0 Å². The van der Waals surface area contributed by atoms with Gasteiger partial charge >= 0.3 is 0 Å². The molecule has 1 aliphatic rings. The van der Waals surface area contributed by atoms with Crippen LogP contribution < -0.4 is 15.9 Å². The maximum atomic E-state index is 2.33. The molecule has 0 spiro atoms. The molecule has 0 radical (unpaired) electrons. The SMILES string of the molecule is Cc1cccc(P(c2ccccc2)c2ccccc2)c1C1C=CC=C1. The van der Waals surface area contributed by atoms with Crippen LogP contribution in [0, 0.1) is 6.92 Å². The summed E-state index contributed by atoms with van der Waals surface area (Å²) in [6, 6.07) is 28.7. The number of allylic oxidation sites excluding steroid dienone is 4. The molecule has 0 fully saturated rings. The summed E-state index contributed by atoms with van der Waals surface area (Å²) in [5.74, 6) is 0.383. The second-order valence-corrected chi connectivity index (χ2v) is 8.50. The molecule has 0 saturated carbocycles. The van der Waals surface area contributed by atoms with Gasteiger partial charge in [0.05, 0.1) is 0 Å². The molecule has 3 aromatic rings. The van der Waals surface area contributed by atoms with E-state index in [2.05, 4.69) is 110 Å². The van der Waals surface area contributed by atoms with Gasteiger partial charge in [0.2, 0.25) is 0 Å². The van der Waals surface area contributed by atoms with Crippen molar-refractivity contribution in [2.75, 3.05) is 0 Å². The van der Waals surface area contributed by atoms with Gasteiger partial charge in [-0.2, -0.15) is 0 Å². The van der Waals surface area contributed by atoms with Crippen molar-refractivity contribution in [3.8, 4) is 0 Å². The van der Waals surface area contributed by atoms with Crippen LogP contribution in [0.4, 0.5) is 0 Å². The highest BCUT2D eigenvalue weighted by Crippen LogP contribution is 2.38. The van der Waals surface area contributed by atoms with E-state index in [1.165, 1.54) is 27.0 Å². The Morgan fingerprint density at radius 3 is 1.76 bits per heavy atom. The monoisotopic (exact) mass is 340 g/mol. The van der Waals surface area contributed by atoms with E-state index < -0.39 is 7.92 Å². The highest BCUT2D eigenvalue weighted by atomic mass is 31.1. The molecular weight excluding hydrogens is 319 g/mol. The summed E-state index contributed by atoms with van der Waals surface area (Å²) in [4.78, 5) is 0. The Morgan fingerprint density at radius 1 is 0.640 bits per heavy atom. The first-order chi connectivity index (χ1) is 12.3. The second kappa shape index (κ2) is 7.21. The molecule has 0 atom stereocenters. The lowest BCUT2D eigenvalue weighted by atomic mass is 9.96. The lowest BCUT2D eigenvalue weighted by Crippen LogP contribution is -2.24. The maximum Gasteiger partial charge on any atom is 0.0214 e. The van der Waals surface area contributed by atoms with E-state index in [1.54, 1.807) is 0 Å². The van der Waals surface area contributed by atoms with Gasteiger partial charge in [-0.3, -0.25) is 0 Å². The van der Waals surface area contributed by atoms with Crippen LogP contribution in [0.25, 0.3) is 0 Å². The summed E-state index contributed by atoms with van der Waals surface area (Å²) < 4.78 is 0. The van der Waals surface area contributed by atoms with Crippen LogP contribution in [0.1, 0.15) is 17.0 Å². The van der Waals surface area contributed by atoms with Crippen LogP contribution in [-0.4, -0.2) is 0 Å². The van der Waals surface area contributed by atoms with Gasteiger partial charge in [-0.25, -0.2) is 0 Å². The molecule has 3 aromatic carbocycles. The van der Waals surface area contributed by atoms with Crippen molar-refractivity contribution >= 4 is 23.8 Å². The first-order valence-electron chi connectivity index (χ1n) is 8.69. The number of benzene rings is 3. The lowest BCUT2D eigenvalue weighted by molar-refractivity contribution is 1.09. The van der Waals surface area contributed by atoms with Crippen LogP contribution in [0.5, 0.6) is 0 Å². The van der Waals surface area contributed by atoms with Crippen molar-refractivity contribution in [3.63, 3.8) is 0 Å². The summed E-state index contributed by atoms with van der Waals surface area (Å²) >= 11 is 0. The highest BCUT2D eigenvalue weighted by molar-refractivity contribution is 7.79. The van der Waals surface area contributed by atoms with Crippen LogP contribution in [0.2, 0.25) is 0 Å². The molecular formula is C24H21P. The number of hydrogen-bond acceptors (Lipinski definition) is 0. The van der Waals surface area contributed by atoms with Crippen LogP contribution in [-0.2, 0) is 0 Å². The topological polar surface area (TPSA) is 0 Å². The molecule has 0 amide bonds. The minimum atomic E-state index is -0.567. The molecule has 0 saturated heterocycles. The lowest BCUT2D eigenvalue weighted by Gasteiger charge is -2.25. The zero-order valence-corrected chi connectivity index (χ0v) is 15.2. The average Bonchev–Trinajstić information content (AvgIpc) is 3.18. The number of rotatable bonds is 4. The zero-order chi connectivity index (χ0) is 17.1. The highest BCUT2D eigenvalue weighted by Gasteiger charge is 2.23. The van der Waals surface area contributed by atoms with E-state index in [-0.39, 0.29) is 0 Å². The molecule has 122 valence electrons. The summed E-state index contributed by atoms with van der Waals surface area (Å²) in [5, 5.41) is 4.27. The molecule has 0 bridgehead atoms. The van der Waals surface area contributed by atoms with Crippen molar-refractivity contribution in [2.45, 2.75) is 12.8 Å². The van der Waals surface area contributed by atoms with Crippen LogP contribution in [0.15, 0.2) is 103 Å². The van der Waals surface area contributed by atoms with E-state index >= 15 is 0 Å². The number of hydrogen-bond donors (Lipinski definition) is 0. The van der Waals surface area contributed by atoms with Gasteiger partial charge in [0, 0.05) is 5.92 Å². The predicted octanol–water partition coefficient (Wildman–Crippen LogP) is 4.96. The Hall–Kier alpha value is -2.43. The van der Waals surface area contributed by atoms with Gasteiger partial charge in [0.1, 0.15) is 0 Å². The fraction of sp³-hybridized carbons (Fsp3) is 0.0833. The van der Waals surface area contributed by atoms with Crippen molar-refractivity contribution < 1.29 is 0 Å². The summed E-state index contributed by atoms with van der Waals surface area (Å²) in [5.41, 5.74) is 2.84. The normalized spacial score (nSPS) is 13.7. The quantitative estimate of drug-likeness (QED) is 0.589. The minimum absolute atomic E-state index is 0.383. The Labute approximate surface area is 151 Å². The fourth-order valence-corrected chi connectivity index (χ4v) is 6.10. The summed E-state index contributed by atoms with van der Waals surface area (Å²) in [6.07, 6.45) is 8.92. The van der Waals surface area contributed by atoms with Gasteiger partial charge < -0.3 is 0 Å². The third-order valence-corrected chi connectivity index (χ3v) is 7.15. The second-order valence-electron chi connectivity index (χ2n) is 6.31. The molecule has 0 unspecified atom stereocenters. The molecule has 1 aliphatic carbocycles. The largest absolute Gasteiger partial charge is 0.0732 e. The molecule has 0 aliphatic heterocycles. The van der Waals surface area contributed by atoms with Crippen molar-refractivity contribution in [3.05, 3.63) is 114 Å². The minimum Gasteiger partial charge on any atom is -0.0732 e. The molecule has 4 rings (SSSR count). The Balaban J connectivity index is 1.93. The van der Waals surface area contributed by atoms with Gasteiger partial charge in [-0.15, -0.1) is 0 Å². The molecule has 0 aromatic heterocycles. The third-order valence-electron chi connectivity index (χ3n) is 4.65. The van der Waals surface area contributed by atoms with Gasteiger partial charge in [-0.1, -0.05) is 103 Å². The van der Waals surface area contributed by atoms with E-state index in [0.717, 1.165) is 0 Å². The Bertz CT molecular complexity index is 856. The molecule has 1 heteroatoms. The average molecular weight is 340 g/mol. The Morgan fingerprint density at radius 2 is 1.20 bits per heavy atom. The van der Waals surface area contributed by atoms with E-state index in [1.807, 2.05) is 0 Å². The van der Waals surface area contributed by atoms with Crippen molar-refractivity contribution in [1.82, 2.24) is 0 Å². The van der Waals surface area contributed by atoms with Gasteiger partial charge in [0.15, 0.2) is 0 Å². The van der Waals surface area contributed by atoms with Gasteiger partial charge in [0.25, 0.3) is 0 Å². The number of aryl methyl sites for hydroxylation is 1. The fourth-order valence-electron chi connectivity index (χ4n) is 3.50. The maximum absolute atomic E-state index is 2.33. The summed E-state index contributed by atoms with van der Waals surface area (Å²) in [6.45, 7) is 2.24. The van der Waals surface area contributed by atoms with Crippen molar-refractivity contribution in [2.24, 2.45) is 0 Å². The molecule has 0 heterocycles. The molecule has 0 nitrogen and oxygen atoms in total. The third kappa shape index (κ3) is 3.23. The molecule has 25 heavy (non-hydrogen) atoms. The predicted molar refractivity (Wildman–Crippen MR) is 111 cm³/mol. The standard InChI is InChI=1S/C24H21P/c1-19-11-10-18-23(24(19)20-12-8-9-13-20)25(21-14-4-2-5-15-21)22-16-6-3-7-17-22/h2-18,20H,1H3. The smallest absolute Gasteiger partial charge is 0.0214 e. The van der Waals surface area contributed by atoms with Crippen LogP contribution >= 0.6 is 7.92 Å². The Kier molecular flexibility index (Phi) is 4.63. The molecule has 0 N–H and O–H groups in total. The first-order valence-corrected chi connectivity index (χ1v) is 10.0. The van der Waals surface area contributed by atoms with E-state index in [0.29, 0.717) is 5.92 Å². The first kappa shape index (κ1) is 16.1. The summed E-state index contributed by atoms with van der Waals surface area (Å²) in [7, 11) is -0.567. The van der Waals surface area contributed by atoms with E-state index in [9.17, 15) is 0 Å². The van der Waals surface area contributed by atoms with E-state index in [4.69, 9.17) is 0 Å². The van der Waals surface area contributed by atoms with Gasteiger partial charge in [-0.05, 0) is 41.9 Å².